The van der Waals surface area contributed by atoms with Gasteiger partial charge in [-0.1, -0.05) is 23.2 Å². The summed E-state index contributed by atoms with van der Waals surface area (Å²) in [6.45, 7) is 0.427. The van der Waals surface area contributed by atoms with Crippen LogP contribution in [0.2, 0.25) is 10.0 Å². The van der Waals surface area contributed by atoms with E-state index in [1.165, 1.54) is 0 Å². The topological polar surface area (TPSA) is 38.0 Å². The van der Waals surface area contributed by atoms with Gasteiger partial charge in [0.1, 0.15) is 0 Å². The smallest absolute Gasteiger partial charge is 0.0970 e. The molecule has 0 aliphatic carbocycles. The molecule has 84 valence electrons. The summed E-state index contributed by atoms with van der Waals surface area (Å²) in [6, 6.07) is 5.04. The predicted molar refractivity (Wildman–Crippen MR) is 63.6 cm³/mol. The van der Waals surface area contributed by atoms with Gasteiger partial charge in [0.2, 0.25) is 0 Å². The number of nitrogens with zero attached hydrogens (tertiary/aromatic N) is 2. The zero-order chi connectivity index (χ0) is 11.5. The molecule has 0 aliphatic heterocycles. The second-order valence-corrected chi connectivity index (χ2v) is 4.35. The molecule has 1 aromatic carbocycles. The minimum atomic E-state index is -0.648. The second-order valence-electron chi connectivity index (χ2n) is 3.48. The lowest BCUT2D eigenvalue weighted by molar-refractivity contribution is 0.156. The van der Waals surface area contributed by atoms with E-state index in [0.29, 0.717) is 22.2 Å². The van der Waals surface area contributed by atoms with Gasteiger partial charge >= 0.3 is 0 Å². The molecule has 0 saturated carbocycles. The molecule has 16 heavy (non-hydrogen) atoms. The van der Waals surface area contributed by atoms with Gasteiger partial charge in [0.25, 0.3) is 0 Å². The van der Waals surface area contributed by atoms with E-state index in [-0.39, 0.29) is 0 Å². The molecule has 0 radical (unpaired) electrons. The van der Waals surface area contributed by atoms with Crippen LogP contribution >= 0.6 is 23.2 Å². The van der Waals surface area contributed by atoms with Crippen LogP contribution in [0.15, 0.2) is 36.9 Å². The van der Waals surface area contributed by atoms with E-state index in [4.69, 9.17) is 23.2 Å². The van der Waals surface area contributed by atoms with Crippen molar-refractivity contribution >= 4 is 23.2 Å². The van der Waals surface area contributed by atoms with E-state index >= 15 is 0 Å². The van der Waals surface area contributed by atoms with Crippen LogP contribution in [0.25, 0.3) is 0 Å². The highest BCUT2D eigenvalue weighted by molar-refractivity contribution is 6.34. The molecule has 0 amide bonds. The molecule has 0 fully saturated rings. The summed E-state index contributed by atoms with van der Waals surface area (Å²) >= 11 is 11.7. The molecule has 1 heterocycles. The summed E-state index contributed by atoms with van der Waals surface area (Å²) in [4.78, 5) is 3.90. The monoisotopic (exact) mass is 256 g/mol. The largest absolute Gasteiger partial charge is 0.387 e. The van der Waals surface area contributed by atoms with Gasteiger partial charge in [0.05, 0.1) is 19.0 Å². The van der Waals surface area contributed by atoms with E-state index in [0.717, 1.165) is 0 Å². The molecular weight excluding hydrogens is 247 g/mol. The molecule has 5 heteroatoms. The molecule has 2 aromatic rings. The Hall–Kier alpha value is -1.03. The molecule has 1 N–H and O–H groups in total. The number of aliphatic hydroxyl groups excluding tert-OH is 1. The second kappa shape index (κ2) is 4.87. The van der Waals surface area contributed by atoms with Crippen molar-refractivity contribution in [1.82, 2.24) is 9.55 Å². The highest BCUT2D eigenvalue weighted by Crippen LogP contribution is 2.24. The number of benzene rings is 1. The molecule has 0 spiro atoms. The Morgan fingerprint density at radius 3 is 2.50 bits per heavy atom. The number of hydrogen-bond acceptors (Lipinski definition) is 2. The average molecular weight is 257 g/mol. The lowest BCUT2D eigenvalue weighted by Crippen LogP contribution is -2.07. The molecule has 1 unspecified atom stereocenters. The fraction of sp³-hybridized carbons (Fsp3) is 0.182. The normalized spacial score (nSPS) is 12.7. The van der Waals surface area contributed by atoms with E-state index in [2.05, 4.69) is 4.98 Å². The van der Waals surface area contributed by atoms with Gasteiger partial charge in [-0.2, -0.15) is 0 Å². The molecule has 0 saturated heterocycles. The van der Waals surface area contributed by atoms with Crippen molar-refractivity contribution < 1.29 is 5.11 Å². The van der Waals surface area contributed by atoms with Crippen molar-refractivity contribution in [3.05, 3.63) is 52.5 Å². The first-order valence-corrected chi connectivity index (χ1v) is 5.50. The SMILES string of the molecule is OC(Cn1ccnc1)c1cc(Cl)cc(Cl)c1. The first-order valence-electron chi connectivity index (χ1n) is 4.75. The average Bonchev–Trinajstić information content (AvgIpc) is 2.68. The van der Waals surface area contributed by atoms with Gasteiger partial charge in [-0.05, 0) is 23.8 Å². The van der Waals surface area contributed by atoms with Crippen LogP contribution in [0.3, 0.4) is 0 Å². The summed E-state index contributed by atoms with van der Waals surface area (Å²) in [5.74, 6) is 0. The Labute approximate surface area is 103 Å². The summed E-state index contributed by atoms with van der Waals surface area (Å²) in [5.41, 5.74) is 0.700. The summed E-state index contributed by atoms with van der Waals surface area (Å²) in [7, 11) is 0. The first kappa shape index (κ1) is 11.5. The van der Waals surface area contributed by atoms with Crippen molar-refractivity contribution in [2.24, 2.45) is 0 Å². The highest BCUT2D eigenvalue weighted by atomic mass is 35.5. The lowest BCUT2D eigenvalue weighted by Gasteiger charge is -2.12. The van der Waals surface area contributed by atoms with E-state index in [1.54, 1.807) is 41.5 Å². The zero-order valence-corrected chi connectivity index (χ0v) is 9.86. The minimum Gasteiger partial charge on any atom is -0.387 e. The third-order valence-corrected chi connectivity index (χ3v) is 2.65. The molecule has 1 atom stereocenters. The number of halogens is 2. The zero-order valence-electron chi connectivity index (χ0n) is 8.35. The molecular formula is C11H10Cl2N2O. The van der Waals surface area contributed by atoms with Gasteiger partial charge in [-0.25, -0.2) is 4.98 Å². The predicted octanol–water partition coefficient (Wildman–Crippen LogP) is 2.92. The van der Waals surface area contributed by atoms with Crippen molar-refractivity contribution in [3.8, 4) is 0 Å². The van der Waals surface area contributed by atoms with Gasteiger partial charge in [-0.3, -0.25) is 0 Å². The highest BCUT2D eigenvalue weighted by Gasteiger charge is 2.09. The van der Waals surface area contributed by atoms with Gasteiger partial charge in [0.15, 0.2) is 0 Å². The molecule has 0 bridgehead atoms. The van der Waals surface area contributed by atoms with Gasteiger partial charge < -0.3 is 9.67 Å². The summed E-state index contributed by atoms with van der Waals surface area (Å²) in [6.07, 6.45) is 4.45. The number of imidazole rings is 1. The van der Waals surface area contributed by atoms with Crippen LogP contribution in [0.5, 0.6) is 0 Å². The fourth-order valence-corrected chi connectivity index (χ4v) is 2.01. The van der Waals surface area contributed by atoms with Crippen molar-refractivity contribution in [2.45, 2.75) is 12.6 Å². The maximum Gasteiger partial charge on any atom is 0.0970 e. The number of aliphatic hydroxyl groups is 1. The third-order valence-electron chi connectivity index (χ3n) is 2.21. The first-order chi connectivity index (χ1) is 7.65. The molecule has 3 nitrogen and oxygen atoms in total. The van der Waals surface area contributed by atoms with Crippen molar-refractivity contribution in [2.75, 3.05) is 0 Å². The maximum absolute atomic E-state index is 9.98. The Morgan fingerprint density at radius 2 is 1.94 bits per heavy atom. The van der Waals surface area contributed by atoms with Crippen LogP contribution < -0.4 is 0 Å². The van der Waals surface area contributed by atoms with E-state index in [9.17, 15) is 5.11 Å². The Bertz CT molecular complexity index is 451. The Kier molecular flexibility index (Phi) is 3.49. The maximum atomic E-state index is 9.98. The number of rotatable bonds is 3. The van der Waals surface area contributed by atoms with Gasteiger partial charge in [-0.15, -0.1) is 0 Å². The van der Waals surface area contributed by atoms with E-state index in [1.807, 2.05) is 0 Å². The number of aromatic nitrogens is 2. The molecule has 2 rings (SSSR count). The fourth-order valence-electron chi connectivity index (χ4n) is 1.47. The lowest BCUT2D eigenvalue weighted by atomic mass is 10.1. The quantitative estimate of drug-likeness (QED) is 0.917. The summed E-state index contributed by atoms with van der Waals surface area (Å²) in [5, 5.41) is 11.0. The van der Waals surface area contributed by atoms with Crippen LogP contribution in [0, 0.1) is 0 Å². The number of hydrogen-bond donors (Lipinski definition) is 1. The van der Waals surface area contributed by atoms with Gasteiger partial charge in [0, 0.05) is 22.4 Å². The van der Waals surface area contributed by atoms with Crippen LogP contribution in [-0.2, 0) is 6.54 Å². The van der Waals surface area contributed by atoms with Crippen molar-refractivity contribution in [3.63, 3.8) is 0 Å². The molecule has 0 aliphatic rings. The van der Waals surface area contributed by atoms with Crippen LogP contribution in [0.4, 0.5) is 0 Å². The van der Waals surface area contributed by atoms with E-state index < -0.39 is 6.10 Å². The standard InChI is InChI=1S/C11H10Cl2N2O/c12-9-3-8(4-10(13)5-9)11(16)6-15-2-1-14-7-15/h1-5,7,11,16H,6H2. The molecule has 1 aromatic heterocycles. The Balaban J connectivity index is 2.17. The summed E-state index contributed by atoms with van der Waals surface area (Å²) < 4.78 is 1.79. The minimum absolute atomic E-state index is 0.427. The Morgan fingerprint density at radius 1 is 1.25 bits per heavy atom. The van der Waals surface area contributed by atoms with Crippen LogP contribution in [-0.4, -0.2) is 14.7 Å². The third kappa shape index (κ3) is 2.76. The van der Waals surface area contributed by atoms with Crippen LogP contribution in [0.1, 0.15) is 11.7 Å². The van der Waals surface area contributed by atoms with Crippen molar-refractivity contribution in [1.29, 1.82) is 0 Å².